The monoisotopic (exact) mass is 355 g/mol. The van der Waals surface area contributed by atoms with E-state index in [1.165, 1.54) is 0 Å². The first kappa shape index (κ1) is 18.0. The highest BCUT2D eigenvalue weighted by atomic mass is 16.5. The molecule has 138 valence electrons. The van der Waals surface area contributed by atoms with E-state index in [9.17, 15) is 4.79 Å². The van der Waals surface area contributed by atoms with Crippen molar-refractivity contribution in [2.45, 2.75) is 13.0 Å². The zero-order valence-corrected chi connectivity index (χ0v) is 15.5. The third-order valence-corrected chi connectivity index (χ3v) is 4.46. The van der Waals surface area contributed by atoms with Crippen LogP contribution >= 0.6 is 0 Å². The van der Waals surface area contributed by atoms with Crippen molar-refractivity contribution in [2.75, 3.05) is 50.1 Å². The summed E-state index contributed by atoms with van der Waals surface area (Å²) in [4.78, 5) is 18.7. The molecular formula is C19H25N5O2. The molecule has 0 aliphatic carbocycles. The quantitative estimate of drug-likeness (QED) is 0.813. The second-order valence-electron chi connectivity index (χ2n) is 6.55. The minimum Gasteiger partial charge on any atom is -0.481 e. The molecule has 26 heavy (non-hydrogen) atoms. The minimum absolute atomic E-state index is 0.0154. The Bertz CT molecular complexity index is 730. The van der Waals surface area contributed by atoms with Gasteiger partial charge in [-0.15, -0.1) is 5.10 Å². The van der Waals surface area contributed by atoms with Gasteiger partial charge < -0.3 is 19.4 Å². The van der Waals surface area contributed by atoms with Crippen LogP contribution in [-0.4, -0.2) is 67.4 Å². The number of carbonyl (C=O) groups is 1. The molecule has 0 bridgehead atoms. The number of rotatable bonds is 5. The molecule has 1 amide bonds. The summed E-state index contributed by atoms with van der Waals surface area (Å²) in [5.41, 5.74) is 1.01. The molecule has 2 aromatic rings. The zero-order chi connectivity index (χ0) is 18.5. The largest absolute Gasteiger partial charge is 0.481 e. The Morgan fingerprint density at radius 2 is 1.85 bits per heavy atom. The number of anilines is 2. The molecule has 0 spiro atoms. The van der Waals surface area contributed by atoms with Gasteiger partial charge in [0, 0.05) is 46.3 Å². The van der Waals surface area contributed by atoms with Gasteiger partial charge in [0.05, 0.1) is 11.9 Å². The summed E-state index contributed by atoms with van der Waals surface area (Å²) < 4.78 is 5.75. The molecular weight excluding hydrogens is 330 g/mol. The van der Waals surface area contributed by atoms with Crippen LogP contribution in [0.4, 0.5) is 11.5 Å². The van der Waals surface area contributed by atoms with Gasteiger partial charge in [0.1, 0.15) is 5.75 Å². The normalized spacial score (nSPS) is 15.5. The number of benzene rings is 1. The van der Waals surface area contributed by atoms with E-state index in [1.54, 1.807) is 13.1 Å². The van der Waals surface area contributed by atoms with Crippen molar-refractivity contribution in [3.05, 3.63) is 42.6 Å². The maximum Gasteiger partial charge on any atom is 0.263 e. The Balaban J connectivity index is 1.56. The summed E-state index contributed by atoms with van der Waals surface area (Å²) >= 11 is 0. The Kier molecular flexibility index (Phi) is 5.55. The summed E-state index contributed by atoms with van der Waals surface area (Å²) in [6, 6.07) is 11.5. The lowest BCUT2D eigenvalue weighted by atomic mass is 10.2. The summed E-state index contributed by atoms with van der Waals surface area (Å²) in [7, 11) is 3.96. The SMILES string of the molecule is C[C@H](Oc1ccccc1)C(=O)N1CCN(c2cc(N(C)C)cnn2)CC1. The molecule has 2 heterocycles. The smallest absolute Gasteiger partial charge is 0.263 e. The Labute approximate surface area is 154 Å². The molecule has 1 aromatic heterocycles. The van der Waals surface area contributed by atoms with E-state index in [0.29, 0.717) is 18.8 Å². The molecule has 1 aromatic carbocycles. The third kappa shape index (κ3) is 4.22. The Hall–Kier alpha value is -2.83. The van der Waals surface area contributed by atoms with Gasteiger partial charge in [-0.3, -0.25) is 4.79 Å². The Morgan fingerprint density at radius 3 is 2.50 bits per heavy atom. The van der Waals surface area contributed by atoms with Gasteiger partial charge in [-0.2, -0.15) is 5.10 Å². The number of carbonyl (C=O) groups excluding carboxylic acids is 1. The van der Waals surface area contributed by atoms with E-state index < -0.39 is 6.10 Å². The Morgan fingerprint density at radius 1 is 1.15 bits per heavy atom. The maximum absolute atomic E-state index is 12.6. The van der Waals surface area contributed by atoms with Gasteiger partial charge in [0.25, 0.3) is 5.91 Å². The van der Waals surface area contributed by atoms with Crippen molar-refractivity contribution >= 4 is 17.4 Å². The maximum atomic E-state index is 12.6. The lowest BCUT2D eigenvalue weighted by molar-refractivity contribution is -0.138. The van der Waals surface area contributed by atoms with E-state index in [2.05, 4.69) is 15.1 Å². The van der Waals surface area contributed by atoms with Crippen LogP contribution < -0.4 is 14.5 Å². The van der Waals surface area contributed by atoms with Crippen LogP contribution in [0.2, 0.25) is 0 Å². The van der Waals surface area contributed by atoms with E-state index >= 15 is 0 Å². The minimum atomic E-state index is -0.499. The van der Waals surface area contributed by atoms with Crippen LogP contribution in [0, 0.1) is 0 Å². The highest BCUT2D eigenvalue weighted by molar-refractivity contribution is 5.81. The van der Waals surface area contributed by atoms with Gasteiger partial charge >= 0.3 is 0 Å². The first-order valence-electron chi connectivity index (χ1n) is 8.80. The molecule has 0 unspecified atom stereocenters. The van der Waals surface area contributed by atoms with Crippen molar-refractivity contribution in [3.8, 4) is 5.75 Å². The molecule has 1 fully saturated rings. The van der Waals surface area contributed by atoms with E-state index in [1.807, 2.05) is 60.3 Å². The summed E-state index contributed by atoms with van der Waals surface area (Å²) in [5, 5.41) is 8.30. The molecule has 1 aliphatic rings. The van der Waals surface area contributed by atoms with Crippen LogP contribution in [0.3, 0.4) is 0 Å². The summed E-state index contributed by atoms with van der Waals surface area (Å²) in [5.74, 6) is 1.57. The molecule has 7 nitrogen and oxygen atoms in total. The van der Waals surface area contributed by atoms with E-state index in [-0.39, 0.29) is 5.91 Å². The predicted molar refractivity (Wildman–Crippen MR) is 102 cm³/mol. The first-order valence-corrected chi connectivity index (χ1v) is 8.80. The van der Waals surface area contributed by atoms with Crippen LogP contribution in [0.1, 0.15) is 6.92 Å². The van der Waals surface area contributed by atoms with Crippen molar-refractivity contribution in [1.82, 2.24) is 15.1 Å². The second-order valence-corrected chi connectivity index (χ2v) is 6.55. The number of aromatic nitrogens is 2. The highest BCUT2D eigenvalue weighted by Gasteiger charge is 2.26. The fourth-order valence-corrected chi connectivity index (χ4v) is 2.91. The number of hydrogen-bond donors (Lipinski definition) is 0. The predicted octanol–water partition coefficient (Wildman–Crippen LogP) is 1.66. The number of nitrogens with zero attached hydrogens (tertiary/aromatic N) is 5. The van der Waals surface area contributed by atoms with Crippen molar-refractivity contribution in [2.24, 2.45) is 0 Å². The van der Waals surface area contributed by atoms with Crippen molar-refractivity contribution < 1.29 is 9.53 Å². The lowest BCUT2D eigenvalue weighted by Gasteiger charge is -2.36. The molecule has 0 saturated carbocycles. The summed E-state index contributed by atoms with van der Waals surface area (Å²) in [6.07, 6.45) is 1.24. The highest BCUT2D eigenvalue weighted by Crippen LogP contribution is 2.19. The number of para-hydroxylation sites is 1. The van der Waals surface area contributed by atoms with Crippen molar-refractivity contribution in [3.63, 3.8) is 0 Å². The van der Waals surface area contributed by atoms with Crippen LogP contribution in [0.15, 0.2) is 42.6 Å². The third-order valence-electron chi connectivity index (χ3n) is 4.46. The first-order chi connectivity index (χ1) is 12.5. The molecule has 1 saturated heterocycles. The molecule has 1 aliphatic heterocycles. The van der Waals surface area contributed by atoms with Crippen molar-refractivity contribution in [1.29, 1.82) is 0 Å². The van der Waals surface area contributed by atoms with Crippen LogP contribution in [0.5, 0.6) is 5.75 Å². The van der Waals surface area contributed by atoms with E-state index in [0.717, 1.165) is 24.6 Å². The summed E-state index contributed by atoms with van der Waals surface area (Å²) in [6.45, 7) is 4.56. The van der Waals surface area contributed by atoms with Crippen LogP contribution in [-0.2, 0) is 4.79 Å². The number of hydrogen-bond acceptors (Lipinski definition) is 6. The van der Waals surface area contributed by atoms with Gasteiger partial charge in [0.15, 0.2) is 11.9 Å². The fourth-order valence-electron chi connectivity index (χ4n) is 2.91. The molecule has 1 atom stereocenters. The topological polar surface area (TPSA) is 61.8 Å². The molecule has 0 N–H and O–H groups in total. The van der Waals surface area contributed by atoms with Gasteiger partial charge in [-0.1, -0.05) is 18.2 Å². The fraction of sp³-hybridized carbons (Fsp3) is 0.421. The molecule has 7 heteroatoms. The average Bonchev–Trinajstić information content (AvgIpc) is 2.68. The zero-order valence-electron chi connectivity index (χ0n) is 15.5. The van der Waals surface area contributed by atoms with Crippen LogP contribution in [0.25, 0.3) is 0 Å². The molecule has 0 radical (unpaired) electrons. The average molecular weight is 355 g/mol. The lowest BCUT2D eigenvalue weighted by Crippen LogP contribution is -2.52. The standard InChI is InChI=1S/C19H25N5O2/c1-15(26-17-7-5-4-6-8-17)19(25)24-11-9-23(10-12-24)18-13-16(22(2)3)14-20-21-18/h4-8,13-15H,9-12H2,1-3H3/t15-/m0/s1. The second kappa shape index (κ2) is 8.03. The van der Waals surface area contributed by atoms with Gasteiger partial charge in [0.2, 0.25) is 0 Å². The van der Waals surface area contributed by atoms with Gasteiger partial charge in [-0.25, -0.2) is 0 Å². The number of ether oxygens (including phenoxy) is 1. The number of amides is 1. The number of piperazine rings is 1. The van der Waals surface area contributed by atoms with Gasteiger partial charge in [-0.05, 0) is 19.1 Å². The molecule has 3 rings (SSSR count). The van der Waals surface area contributed by atoms with E-state index in [4.69, 9.17) is 4.74 Å².